The number of fused-ring (bicyclic) bond motifs is 2. The Hall–Kier alpha value is -2.73. The van der Waals surface area contributed by atoms with Crippen molar-refractivity contribution in [2.24, 2.45) is 17.8 Å². The normalized spacial score (nSPS) is 36.4. The van der Waals surface area contributed by atoms with Crippen LogP contribution in [0.2, 0.25) is 0 Å². The summed E-state index contributed by atoms with van der Waals surface area (Å²) in [6, 6.07) is 10.4. The average molecular weight is 406 g/mol. The number of rotatable bonds is 3. The molecule has 6 atom stereocenters. The molecule has 1 N–H and O–H groups in total. The second kappa shape index (κ2) is 6.64. The molecule has 6 heteroatoms. The van der Waals surface area contributed by atoms with E-state index in [4.69, 9.17) is 9.47 Å². The monoisotopic (exact) mass is 406 g/mol. The van der Waals surface area contributed by atoms with Crippen LogP contribution < -0.4 is 5.32 Å². The summed E-state index contributed by atoms with van der Waals surface area (Å²) in [7, 11) is 0. The van der Waals surface area contributed by atoms with Gasteiger partial charge in [0.2, 0.25) is 0 Å². The van der Waals surface area contributed by atoms with Crippen molar-refractivity contribution in [3.05, 3.63) is 60.2 Å². The van der Waals surface area contributed by atoms with Crippen molar-refractivity contribution in [3.8, 4) is 11.1 Å². The molecule has 1 unspecified atom stereocenters. The third-order valence-electron chi connectivity index (χ3n) is 7.26. The minimum atomic E-state index is -0.457. The third-order valence-corrected chi connectivity index (χ3v) is 7.26. The van der Waals surface area contributed by atoms with E-state index in [0.29, 0.717) is 30.6 Å². The zero-order valence-corrected chi connectivity index (χ0v) is 16.5. The second-order valence-electron chi connectivity index (χ2n) is 8.99. The lowest BCUT2D eigenvalue weighted by Gasteiger charge is -2.29. The summed E-state index contributed by atoms with van der Waals surface area (Å²) in [6.07, 6.45) is 9.44. The quantitative estimate of drug-likeness (QED) is 0.777. The van der Waals surface area contributed by atoms with Crippen LogP contribution in [0, 0.1) is 23.6 Å². The van der Waals surface area contributed by atoms with Crippen LogP contribution in [0.15, 0.2) is 48.7 Å². The summed E-state index contributed by atoms with van der Waals surface area (Å²) in [5.41, 5.74) is 2.06. The van der Waals surface area contributed by atoms with E-state index in [-0.39, 0.29) is 17.8 Å². The number of epoxide rings is 1. The van der Waals surface area contributed by atoms with Crippen LogP contribution in [0.4, 0.5) is 9.18 Å². The molecule has 2 aliphatic heterocycles. The van der Waals surface area contributed by atoms with Gasteiger partial charge in [-0.3, -0.25) is 4.98 Å². The predicted molar refractivity (Wildman–Crippen MR) is 109 cm³/mol. The van der Waals surface area contributed by atoms with E-state index in [1.54, 1.807) is 12.3 Å². The first-order valence-electron chi connectivity index (χ1n) is 10.6. The van der Waals surface area contributed by atoms with E-state index in [1.807, 2.05) is 24.3 Å². The second-order valence-corrected chi connectivity index (χ2v) is 8.99. The lowest BCUT2D eigenvalue weighted by atomic mass is 9.77. The number of amides is 1. The molecule has 0 radical (unpaired) electrons. The molecule has 154 valence electrons. The molecular weight excluding hydrogens is 383 g/mol. The number of pyridine rings is 1. The van der Waals surface area contributed by atoms with Gasteiger partial charge in [0.1, 0.15) is 11.4 Å². The Balaban J connectivity index is 1.25. The van der Waals surface area contributed by atoms with Gasteiger partial charge in [0.05, 0.1) is 24.4 Å². The van der Waals surface area contributed by atoms with E-state index >= 15 is 0 Å². The molecular formula is C24H23FN2O3. The van der Waals surface area contributed by atoms with Gasteiger partial charge in [0.15, 0.2) is 0 Å². The van der Waals surface area contributed by atoms with Gasteiger partial charge in [0.25, 0.3) is 0 Å². The Morgan fingerprint density at radius 2 is 2.07 bits per heavy atom. The fraction of sp³-hybridized carbons (Fsp3) is 0.417. The predicted octanol–water partition coefficient (Wildman–Crippen LogP) is 4.19. The number of nitrogens with zero attached hydrogens (tertiary/aromatic N) is 1. The van der Waals surface area contributed by atoms with E-state index in [9.17, 15) is 9.18 Å². The van der Waals surface area contributed by atoms with Crippen molar-refractivity contribution in [2.75, 3.05) is 6.54 Å². The van der Waals surface area contributed by atoms with Crippen LogP contribution in [0.1, 0.15) is 25.0 Å². The Morgan fingerprint density at radius 1 is 1.17 bits per heavy atom. The number of benzene rings is 1. The molecule has 1 aromatic heterocycles. The van der Waals surface area contributed by atoms with Gasteiger partial charge in [0, 0.05) is 17.7 Å². The molecule has 4 aliphatic rings. The van der Waals surface area contributed by atoms with Crippen LogP contribution in [0.3, 0.4) is 0 Å². The van der Waals surface area contributed by atoms with E-state index in [2.05, 4.69) is 16.4 Å². The summed E-state index contributed by atoms with van der Waals surface area (Å²) in [6.45, 7) is 0.565. The van der Waals surface area contributed by atoms with Crippen LogP contribution in [0.5, 0.6) is 0 Å². The highest BCUT2D eigenvalue weighted by atomic mass is 19.1. The lowest BCUT2D eigenvalue weighted by molar-refractivity contribution is 0.0313. The smallest absolute Gasteiger partial charge is 0.407 e. The first-order chi connectivity index (χ1) is 14.6. The number of aromatic nitrogens is 1. The van der Waals surface area contributed by atoms with Crippen molar-refractivity contribution in [1.82, 2.24) is 10.3 Å². The minimum Gasteiger partial charge on any atom is -0.440 e. The molecule has 2 aromatic rings. The summed E-state index contributed by atoms with van der Waals surface area (Å²) in [5, 5.41) is 2.87. The van der Waals surface area contributed by atoms with Gasteiger partial charge in [-0.1, -0.05) is 24.3 Å². The first-order valence-corrected chi connectivity index (χ1v) is 10.6. The van der Waals surface area contributed by atoms with Crippen LogP contribution >= 0.6 is 0 Å². The molecule has 2 saturated carbocycles. The van der Waals surface area contributed by atoms with Gasteiger partial charge in [-0.15, -0.1) is 0 Å². The highest BCUT2D eigenvalue weighted by Gasteiger charge is 2.62. The molecule has 1 amide bonds. The van der Waals surface area contributed by atoms with Crippen LogP contribution in [-0.4, -0.2) is 35.4 Å². The van der Waals surface area contributed by atoms with Crippen LogP contribution in [-0.2, 0) is 9.47 Å². The molecule has 1 aromatic carbocycles. The number of nitrogens with one attached hydrogen (secondary N) is 1. The molecule has 2 saturated heterocycles. The maximum atomic E-state index is 13.5. The SMILES string of the molecule is O=C1NCC2(C[C@@H]3C[C@H]4O[C@H]4C[C@H]3[C@@H]2C=Cc2ccc(-c3cccc(F)c3)cn2)O1. The standard InChI is InChI=1S/C24H23FN2O3/c25-17-3-1-2-14(8-17)15-4-5-18(26-12-15)6-7-20-19-10-22-21(29-22)9-16(19)11-24(20)13-27-23(28)30-24/h1-8,12,16,19-22H,9-11,13H2,(H,27,28)/t16-,19+,20-,21+,22-,24?/m0/s1. The molecule has 4 fully saturated rings. The van der Waals surface area contributed by atoms with E-state index < -0.39 is 5.60 Å². The fourth-order valence-corrected chi connectivity index (χ4v) is 5.81. The van der Waals surface area contributed by atoms with E-state index in [0.717, 1.165) is 36.1 Å². The summed E-state index contributed by atoms with van der Waals surface area (Å²) >= 11 is 0. The average Bonchev–Trinajstić information content (AvgIpc) is 3.31. The molecule has 6 rings (SSSR count). The summed E-state index contributed by atoms with van der Waals surface area (Å²) < 4.78 is 25.1. The molecule has 5 nitrogen and oxygen atoms in total. The molecule has 2 aliphatic carbocycles. The third kappa shape index (κ3) is 3.01. The summed E-state index contributed by atoms with van der Waals surface area (Å²) in [5.74, 6) is 0.881. The fourth-order valence-electron chi connectivity index (χ4n) is 5.81. The van der Waals surface area contributed by atoms with Gasteiger partial charge < -0.3 is 14.8 Å². The zero-order valence-electron chi connectivity index (χ0n) is 16.5. The van der Waals surface area contributed by atoms with Crippen molar-refractivity contribution in [1.29, 1.82) is 0 Å². The Bertz CT molecular complexity index is 1020. The molecule has 0 bridgehead atoms. The molecule has 30 heavy (non-hydrogen) atoms. The molecule has 1 spiro atoms. The highest BCUT2D eigenvalue weighted by molar-refractivity contribution is 5.70. The van der Waals surface area contributed by atoms with Crippen molar-refractivity contribution < 1.29 is 18.7 Å². The van der Waals surface area contributed by atoms with Gasteiger partial charge in [-0.25, -0.2) is 9.18 Å². The van der Waals surface area contributed by atoms with Crippen LogP contribution in [0.25, 0.3) is 17.2 Å². The summed E-state index contributed by atoms with van der Waals surface area (Å²) in [4.78, 5) is 16.4. The lowest BCUT2D eigenvalue weighted by Crippen LogP contribution is -2.38. The van der Waals surface area contributed by atoms with Gasteiger partial charge >= 0.3 is 6.09 Å². The Morgan fingerprint density at radius 3 is 2.83 bits per heavy atom. The number of carbonyl (C=O) groups excluding carboxylic acids is 1. The minimum absolute atomic E-state index is 0.149. The maximum absolute atomic E-state index is 13.5. The highest BCUT2D eigenvalue weighted by Crippen LogP contribution is 2.57. The number of hydrogen-bond acceptors (Lipinski definition) is 4. The molecule has 3 heterocycles. The number of hydrogen-bond donors (Lipinski definition) is 1. The van der Waals surface area contributed by atoms with Crippen molar-refractivity contribution in [3.63, 3.8) is 0 Å². The first kappa shape index (κ1) is 18.1. The largest absolute Gasteiger partial charge is 0.440 e. The number of ether oxygens (including phenoxy) is 2. The Labute approximate surface area is 174 Å². The Kier molecular flexibility index (Phi) is 4.00. The van der Waals surface area contributed by atoms with Crippen molar-refractivity contribution in [2.45, 2.75) is 37.1 Å². The number of carbonyl (C=O) groups is 1. The van der Waals surface area contributed by atoms with Gasteiger partial charge in [-0.2, -0.15) is 0 Å². The van der Waals surface area contributed by atoms with Gasteiger partial charge in [-0.05, 0) is 60.9 Å². The van der Waals surface area contributed by atoms with E-state index in [1.165, 1.54) is 12.1 Å². The number of alkyl carbamates (subject to hydrolysis) is 1. The number of halogens is 1. The zero-order chi connectivity index (χ0) is 20.3. The topological polar surface area (TPSA) is 63.8 Å². The van der Waals surface area contributed by atoms with Crippen molar-refractivity contribution >= 4 is 12.2 Å². The maximum Gasteiger partial charge on any atom is 0.407 e.